The lowest BCUT2D eigenvalue weighted by Crippen LogP contribution is -2.48. The number of carbonyl (C=O) groups is 2. The highest BCUT2D eigenvalue weighted by Crippen LogP contribution is 2.25. The Balaban J connectivity index is 1.61. The molecule has 0 bridgehead atoms. The molecular formula is C23H25N3O6S. The first kappa shape index (κ1) is 24.0. The van der Waals surface area contributed by atoms with E-state index in [0.29, 0.717) is 22.8 Å². The van der Waals surface area contributed by atoms with Crippen LogP contribution in [0, 0.1) is 0 Å². The molecule has 0 saturated carbocycles. The van der Waals surface area contributed by atoms with E-state index >= 15 is 0 Å². The van der Waals surface area contributed by atoms with Crippen molar-refractivity contribution < 1.29 is 24.2 Å². The number of nitrogens with one attached hydrogen (secondary N) is 2. The van der Waals surface area contributed by atoms with Crippen molar-refractivity contribution in [2.24, 2.45) is 5.73 Å². The van der Waals surface area contributed by atoms with Gasteiger partial charge in [-0.05, 0) is 42.3 Å². The van der Waals surface area contributed by atoms with Crippen LogP contribution in [0.1, 0.15) is 22.9 Å². The van der Waals surface area contributed by atoms with Crippen LogP contribution in [-0.4, -0.2) is 41.2 Å². The standard InChI is InChI=1S/C23H25N3O6S/c1-13(24)20(27)25-18(22(29)31-2)11-14-3-7-16(8-4-14)32-17-9-5-15(6-10-17)12-19-21(28)26-23(30)33-19/h3-10,13,18,28H,11-12,24H2,1-2H3,(H,25,27)(H,26,30). The van der Waals surface area contributed by atoms with Crippen molar-refractivity contribution in [2.75, 3.05) is 7.11 Å². The molecule has 9 nitrogen and oxygen atoms in total. The minimum Gasteiger partial charge on any atom is -0.494 e. The summed E-state index contributed by atoms with van der Waals surface area (Å²) in [6.07, 6.45) is 0.684. The molecule has 1 amide bonds. The third kappa shape index (κ3) is 6.67. The molecule has 10 heteroatoms. The van der Waals surface area contributed by atoms with Crippen molar-refractivity contribution in [2.45, 2.75) is 31.8 Å². The maximum Gasteiger partial charge on any atom is 0.328 e. The third-order valence-corrected chi connectivity index (χ3v) is 5.67. The molecule has 3 aromatic rings. The van der Waals surface area contributed by atoms with Crippen molar-refractivity contribution in [3.05, 3.63) is 74.2 Å². The summed E-state index contributed by atoms with van der Waals surface area (Å²) in [5, 5.41) is 12.3. The Labute approximate surface area is 194 Å². The number of hydrogen-bond acceptors (Lipinski definition) is 8. The Morgan fingerprint density at radius 1 is 1.09 bits per heavy atom. The van der Waals surface area contributed by atoms with Gasteiger partial charge in [0.25, 0.3) is 0 Å². The quantitative estimate of drug-likeness (QED) is 0.350. The predicted molar refractivity (Wildman–Crippen MR) is 124 cm³/mol. The van der Waals surface area contributed by atoms with Crippen molar-refractivity contribution in [3.63, 3.8) is 0 Å². The number of hydrogen-bond donors (Lipinski definition) is 4. The van der Waals surface area contributed by atoms with Gasteiger partial charge in [-0.15, -0.1) is 0 Å². The number of rotatable bonds is 9. The fourth-order valence-corrected chi connectivity index (χ4v) is 3.79. The molecule has 0 aliphatic rings. The molecule has 2 atom stereocenters. The van der Waals surface area contributed by atoms with Crippen LogP contribution in [0.5, 0.6) is 17.4 Å². The maximum atomic E-state index is 12.0. The fraction of sp³-hybridized carbons (Fsp3) is 0.261. The Hall–Kier alpha value is -3.63. The Morgan fingerprint density at radius 3 is 2.15 bits per heavy atom. The molecule has 0 aliphatic heterocycles. The number of methoxy groups -OCH3 is 1. The molecule has 0 spiro atoms. The zero-order valence-electron chi connectivity index (χ0n) is 18.2. The monoisotopic (exact) mass is 471 g/mol. The summed E-state index contributed by atoms with van der Waals surface area (Å²) >= 11 is 0.978. The van der Waals surface area contributed by atoms with E-state index in [9.17, 15) is 19.5 Å². The average Bonchev–Trinajstić information content (AvgIpc) is 3.11. The molecule has 0 fully saturated rings. The van der Waals surface area contributed by atoms with E-state index in [4.69, 9.17) is 15.2 Å². The number of H-pyrrole nitrogens is 1. The predicted octanol–water partition coefficient (Wildman–Crippen LogP) is 2.07. The molecule has 2 aromatic carbocycles. The highest BCUT2D eigenvalue weighted by Gasteiger charge is 2.23. The summed E-state index contributed by atoms with van der Waals surface area (Å²) in [6, 6.07) is 12.9. The van der Waals surface area contributed by atoms with Gasteiger partial charge >= 0.3 is 10.8 Å². The zero-order valence-corrected chi connectivity index (χ0v) is 19.0. The number of nitrogens with two attached hydrogens (primary N) is 1. The lowest BCUT2D eigenvalue weighted by atomic mass is 10.1. The minimum atomic E-state index is -0.842. The minimum absolute atomic E-state index is 0.100. The molecule has 3 rings (SSSR count). The van der Waals surface area contributed by atoms with E-state index in [-0.39, 0.29) is 17.2 Å². The fourth-order valence-electron chi connectivity index (χ4n) is 3.04. The number of aromatic hydroxyl groups is 1. The van der Waals surface area contributed by atoms with Gasteiger partial charge in [0.15, 0.2) is 0 Å². The molecule has 1 aromatic heterocycles. The largest absolute Gasteiger partial charge is 0.494 e. The molecule has 0 aliphatic carbocycles. The maximum absolute atomic E-state index is 12.0. The van der Waals surface area contributed by atoms with Crippen molar-refractivity contribution >= 4 is 23.2 Å². The van der Waals surface area contributed by atoms with Crippen LogP contribution in [-0.2, 0) is 27.2 Å². The summed E-state index contributed by atoms with van der Waals surface area (Å²) < 4.78 is 10.6. The lowest BCUT2D eigenvalue weighted by molar-refractivity contribution is -0.145. The summed E-state index contributed by atoms with van der Waals surface area (Å²) in [5.74, 6) is 0.133. The van der Waals surface area contributed by atoms with E-state index in [0.717, 1.165) is 22.5 Å². The molecule has 2 unspecified atom stereocenters. The summed E-state index contributed by atoms with van der Waals surface area (Å²) in [6.45, 7) is 1.54. The second-order valence-electron chi connectivity index (χ2n) is 7.43. The van der Waals surface area contributed by atoms with Gasteiger partial charge in [0, 0.05) is 12.8 Å². The highest BCUT2D eigenvalue weighted by molar-refractivity contribution is 7.09. The van der Waals surface area contributed by atoms with Crippen LogP contribution in [0.25, 0.3) is 0 Å². The molecular weight excluding hydrogens is 446 g/mol. The van der Waals surface area contributed by atoms with Crippen LogP contribution in [0.3, 0.4) is 0 Å². The molecule has 0 saturated heterocycles. The van der Waals surface area contributed by atoms with Gasteiger partial charge in [0.05, 0.1) is 18.0 Å². The van der Waals surface area contributed by atoms with Crippen LogP contribution < -0.4 is 20.7 Å². The first-order chi connectivity index (χ1) is 15.7. The first-order valence-corrected chi connectivity index (χ1v) is 11.0. The third-order valence-electron chi connectivity index (χ3n) is 4.80. The van der Waals surface area contributed by atoms with Gasteiger partial charge < -0.3 is 25.6 Å². The van der Waals surface area contributed by atoms with E-state index < -0.39 is 24.0 Å². The second-order valence-corrected chi connectivity index (χ2v) is 8.50. The highest BCUT2D eigenvalue weighted by atomic mass is 32.1. The summed E-state index contributed by atoms with van der Waals surface area (Å²) in [5.41, 5.74) is 7.29. The normalized spacial score (nSPS) is 12.6. The molecule has 1 heterocycles. The Bertz CT molecular complexity index is 1150. The van der Waals surface area contributed by atoms with Gasteiger partial charge in [0.2, 0.25) is 11.8 Å². The van der Waals surface area contributed by atoms with Crippen molar-refractivity contribution in [3.8, 4) is 17.4 Å². The number of aromatic nitrogens is 1. The summed E-state index contributed by atoms with van der Waals surface area (Å²) in [4.78, 5) is 37.8. The van der Waals surface area contributed by atoms with Crippen LogP contribution in [0.4, 0.5) is 0 Å². The summed E-state index contributed by atoms with van der Waals surface area (Å²) in [7, 11) is 1.26. The topological polar surface area (TPSA) is 144 Å². The van der Waals surface area contributed by atoms with Gasteiger partial charge in [-0.3, -0.25) is 14.6 Å². The lowest BCUT2D eigenvalue weighted by Gasteiger charge is -2.18. The second kappa shape index (κ2) is 10.8. The number of benzene rings is 2. The van der Waals surface area contributed by atoms with E-state index in [1.165, 1.54) is 14.0 Å². The van der Waals surface area contributed by atoms with E-state index in [2.05, 4.69) is 10.3 Å². The van der Waals surface area contributed by atoms with Crippen LogP contribution in [0.15, 0.2) is 53.3 Å². The van der Waals surface area contributed by atoms with Crippen LogP contribution in [0.2, 0.25) is 0 Å². The van der Waals surface area contributed by atoms with Crippen molar-refractivity contribution in [1.29, 1.82) is 0 Å². The molecule has 0 radical (unpaired) electrons. The Kier molecular flexibility index (Phi) is 7.86. The molecule has 174 valence electrons. The number of aromatic amines is 1. The zero-order chi connectivity index (χ0) is 24.0. The van der Waals surface area contributed by atoms with Gasteiger partial charge in [-0.25, -0.2) is 4.79 Å². The number of esters is 1. The smallest absolute Gasteiger partial charge is 0.328 e. The number of carbonyl (C=O) groups excluding carboxylic acids is 2. The van der Waals surface area contributed by atoms with Crippen molar-refractivity contribution in [1.82, 2.24) is 10.3 Å². The van der Waals surface area contributed by atoms with Crippen LogP contribution >= 0.6 is 11.3 Å². The van der Waals surface area contributed by atoms with Gasteiger partial charge in [0.1, 0.15) is 17.5 Å². The Morgan fingerprint density at radius 2 is 1.67 bits per heavy atom. The molecule has 33 heavy (non-hydrogen) atoms. The van der Waals surface area contributed by atoms with Gasteiger partial charge in [-0.1, -0.05) is 35.6 Å². The number of thiazole rings is 1. The number of ether oxygens (including phenoxy) is 2. The van der Waals surface area contributed by atoms with E-state index in [1.807, 2.05) is 12.1 Å². The first-order valence-electron chi connectivity index (χ1n) is 10.2. The molecule has 5 N–H and O–H groups in total. The SMILES string of the molecule is COC(=O)C(Cc1ccc(Oc2ccc(Cc3sc(=O)[nH]c3O)cc2)cc1)NC(=O)C(C)N. The van der Waals surface area contributed by atoms with Gasteiger partial charge in [-0.2, -0.15) is 0 Å². The number of amides is 1. The van der Waals surface area contributed by atoms with E-state index in [1.54, 1.807) is 36.4 Å². The average molecular weight is 472 g/mol.